The van der Waals surface area contributed by atoms with Gasteiger partial charge < -0.3 is 15.3 Å². The fourth-order valence-corrected chi connectivity index (χ4v) is 1.67. The topological polar surface area (TPSA) is 69.6 Å². The molecule has 2 N–H and O–H groups in total. The smallest absolute Gasteiger partial charge is 0.337 e. The number of amides is 2. The van der Waals surface area contributed by atoms with Crippen molar-refractivity contribution in [2.75, 3.05) is 18.9 Å². The average molecular weight is 286 g/mol. The second-order valence-electron chi connectivity index (χ2n) is 4.82. The number of carbonyl (C=O) groups excluding carboxylic acids is 1. The van der Waals surface area contributed by atoms with E-state index in [0.717, 1.165) is 0 Å². The summed E-state index contributed by atoms with van der Waals surface area (Å²) in [4.78, 5) is 24.1. The predicted molar refractivity (Wildman–Crippen MR) is 69.8 cm³/mol. The van der Waals surface area contributed by atoms with Gasteiger partial charge in [0.05, 0.1) is 11.3 Å². The van der Waals surface area contributed by atoms with Crippen molar-refractivity contribution in [3.8, 4) is 0 Å². The molecule has 0 bridgehead atoms. The van der Waals surface area contributed by atoms with E-state index in [-0.39, 0.29) is 11.6 Å². The molecule has 0 aliphatic rings. The van der Waals surface area contributed by atoms with Gasteiger partial charge >= 0.3 is 12.0 Å². The molecule has 0 radical (unpaired) electrons. The van der Waals surface area contributed by atoms with E-state index in [9.17, 15) is 18.4 Å². The Bertz CT molecular complexity index is 533. The molecule has 5 nitrogen and oxygen atoms in total. The molecule has 0 aliphatic carbocycles. The molecule has 0 heterocycles. The first-order valence-electron chi connectivity index (χ1n) is 5.96. The van der Waals surface area contributed by atoms with Gasteiger partial charge in [-0.15, -0.1) is 0 Å². The molecule has 0 aliphatic heterocycles. The number of rotatable bonds is 4. The van der Waals surface area contributed by atoms with E-state index in [0.29, 0.717) is 18.7 Å². The van der Waals surface area contributed by atoms with Crippen molar-refractivity contribution in [1.82, 2.24) is 4.90 Å². The number of nitrogens with zero attached hydrogens (tertiary/aromatic N) is 1. The zero-order valence-corrected chi connectivity index (χ0v) is 11.4. The summed E-state index contributed by atoms with van der Waals surface area (Å²) in [6, 6.07) is 0.600. The highest BCUT2D eigenvalue weighted by Gasteiger charge is 2.18. The molecule has 0 atom stereocenters. The molecule has 1 aromatic carbocycles. The summed E-state index contributed by atoms with van der Waals surface area (Å²) in [7, 11) is 1.52. The quantitative estimate of drug-likeness (QED) is 0.894. The van der Waals surface area contributed by atoms with Crippen LogP contribution < -0.4 is 5.32 Å². The molecule has 0 saturated heterocycles. The Hall–Kier alpha value is -2.18. The van der Waals surface area contributed by atoms with Gasteiger partial charge in [-0.1, -0.05) is 13.8 Å². The molecule has 1 rings (SSSR count). The Kier molecular flexibility index (Phi) is 5.01. The summed E-state index contributed by atoms with van der Waals surface area (Å²) >= 11 is 0. The third kappa shape index (κ3) is 3.91. The van der Waals surface area contributed by atoms with Gasteiger partial charge in [-0.2, -0.15) is 0 Å². The van der Waals surface area contributed by atoms with Crippen molar-refractivity contribution in [2.24, 2.45) is 5.92 Å². The Morgan fingerprint density at radius 1 is 1.30 bits per heavy atom. The molecule has 20 heavy (non-hydrogen) atoms. The Balaban J connectivity index is 2.99. The highest BCUT2D eigenvalue weighted by Crippen LogP contribution is 2.20. The van der Waals surface area contributed by atoms with Gasteiger partial charge in [0, 0.05) is 19.7 Å². The number of benzene rings is 1. The van der Waals surface area contributed by atoms with Crippen LogP contribution in [-0.2, 0) is 0 Å². The summed E-state index contributed by atoms with van der Waals surface area (Å²) in [5, 5.41) is 11.2. The Morgan fingerprint density at radius 2 is 1.85 bits per heavy atom. The standard InChI is InChI=1S/C13H16F2N2O3/c1-7(2)6-17(3)13(20)16-11-5-10(15)9(14)4-8(11)12(18)19/h4-5,7H,6H2,1-3H3,(H,16,20)(H,18,19). The van der Waals surface area contributed by atoms with Crippen molar-refractivity contribution in [3.05, 3.63) is 29.3 Å². The minimum Gasteiger partial charge on any atom is -0.478 e. The third-order valence-electron chi connectivity index (χ3n) is 2.52. The highest BCUT2D eigenvalue weighted by molar-refractivity contribution is 6.00. The van der Waals surface area contributed by atoms with E-state index in [2.05, 4.69) is 5.32 Å². The molecule has 0 unspecified atom stereocenters. The number of hydrogen-bond acceptors (Lipinski definition) is 2. The Labute approximate surface area is 115 Å². The number of aromatic carboxylic acids is 1. The van der Waals surface area contributed by atoms with Crippen LogP contribution in [0.1, 0.15) is 24.2 Å². The molecule has 0 saturated carbocycles. The fraction of sp³-hybridized carbons (Fsp3) is 0.385. The summed E-state index contributed by atoms with van der Waals surface area (Å²) in [5.74, 6) is -3.74. The molecular formula is C13H16F2N2O3. The second-order valence-corrected chi connectivity index (χ2v) is 4.82. The second kappa shape index (κ2) is 6.31. The summed E-state index contributed by atoms with van der Waals surface area (Å²) in [6.07, 6.45) is 0. The maximum atomic E-state index is 13.2. The van der Waals surface area contributed by atoms with Crippen LogP contribution in [0.5, 0.6) is 0 Å². The minimum absolute atomic E-state index is 0.217. The van der Waals surface area contributed by atoms with E-state index in [1.807, 2.05) is 13.8 Å². The van der Waals surface area contributed by atoms with Crippen LogP contribution in [0, 0.1) is 17.6 Å². The summed E-state index contributed by atoms with van der Waals surface area (Å²) in [6.45, 7) is 4.26. The molecule has 0 spiro atoms. The molecule has 110 valence electrons. The SMILES string of the molecule is CC(C)CN(C)C(=O)Nc1cc(F)c(F)cc1C(=O)O. The number of halogens is 2. The number of carbonyl (C=O) groups is 2. The fourth-order valence-electron chi connectivity index (χ4n) is 1.67. The van der Waals surface area contributed by atoms with Crippen molar-refractivity contribution in [1.29, 1.82) is 0 Å². The first-order valence-corrected chi connectivity index (χ1v) is 5.96. The van der Waals surface area contributed by atoms with E-state index < -0.39 is 29.2 Å². The van der Waals surface area contributed by atoms with Crippen LogP contribution >= 0.6 is 0 Å². The van der Waals surface area contributed by atoms with E-state index in [1.165, 1.54) is 11.9 Å². The predicted octanol–water partition coefficient (Wildman–Crippen LogP) is 2.78. The molecule has 0 fully saturated rings. The number of anilines is 1. The van der Waals surface area contributed by atoms with Gasteiger partial charge in [-0.3, -0.25) is 0 Å². The normalized spacial score (nSPS) is 10.5. The van der Waals surface area contributed by atoms with Crippen LogP contribution in [0.4, 0.5) is 19.3 Å². The Morgan fingerprint density at radius 3 is 2.35 bits per heavy atom. The zero-order chi connectivity index (χ0) is 15.4. The molecule has 7 heteroatoms. The summed E-state index contributed by atoms with van der Waals surface area (Å²) < 4.78 is 26.2. The van der Waals surface area contributed by atoms with Crippen molar-refractivity contribution in [3.63, 3.8) is 0 Å². The molecule has 2 amide bonds. The van der Waals surface area contributed by atoms with Gasteiger partial charge in [0.1, 0.15) is 0 Å². The van der Waals surface area contributed by atoms with E-state index in [4.69, 9.17) is 5.11 Å². The van der Waals surface area contributed by atoms with Gasteiger partial charge in [0.25, 0.3) is 0 Å². The number of carboxylic acid groups (broad SMARTS) is 1. The summed E-state index contributed by atoms with van der Waals surface area (Å²) in [5.41, 5.74) is -0.785. The largest absolute Gasteiger partial charge is 0.478 e. The highest BCUT2D eigenvalue weighted by atomic mass is 19.2. The van der Waals surface area contributed by atoms with Gasteiger partial charge in [-0.25, -0.2) is 18.4 Å². The van der Waals surface area contributed by atoms with Crippen LogP contribution in [0.2, 0.25) is 0 Å². The van der Waals surface area contributed by atoms with Crippen LogP contribution in [-0.4, -0.2) is 35.6 Å². The van der Waals surface area contributed by atoms with E-state index in [1.54, 1.807) is 0 Å². The van der Waals surface area contributed by atoms with Crippen LogP contribution in [0.3, 0.4) is 0 Å². The lowest BCUT2D eigenvalue weighted by Crippen LogP contribution is -2.34. The molecule has 1 aromatic rings. The van der Waals surface area contributed by atoms with Gasteiger partial charge in [0.2, 0.25) is 0 Å². The minimum atomic E-state index is -1.45. The maximum Gasteiger partial charge on any atom is 0.337 e. The van der Waals surface area contributed by atoms with Crippen molar-refractivity contribution in [2.45, 2.75) is 13.8 Å². The monoisotopic (exact) mass is 286 g/mol. The first kappa shape index (κ1) is 15.9. The number of hydrogen-bond donors (Lipinski definition) is 2. The molecule has 0 aromatic heterocycles. The van der Waals surface area contributed by atoms with Crippen LogP contribution in [0.15, 0.2) is 12.1 Å². The maximum absolute atomic E-state index is 13.2. The third-order valence-corrected chi connectivity index (χ3v) is 2.52. The van der Waals surface area contributed by atoms with E-state index >= 15 is 0 Å². The number of nitrogens with one attached hydrogen (secondary N) is 1. The lowest BCUT2D eigenvalue weighted by atomic mass is 10.1. The molecular weight excluding hydrogens is 270 g/mol. The number of carboxylic acids is 1. The van der Waals surface area contributed by atoms with Crippen molar-refractivity contribution >= 4 is 17.7 Å². The van der Waals surface area contributed by atoms with Crippen molar-refractivity contribution < 1.29 is 23.5 Å². The zero-order valence-electron chi connectivity index (χ0n) is 11.4. The lowest BCUT2D eigenvalue weighted by molar-refractivity contribution is 0.0697. The lowest BCUT2D eigenvalue weighted by Gasteiger charge is -2.20. The average Bonchev–Trinajstić information content (AvgIpc) is 2.32. The number of urea groups is 1. The van der Waals surface area contributed by atoms with Gasteiger partial charge in [-0.05, 0) is 12.0 Å². The van der Waals surface area contributed by atoms with Crippen LogP contribution in [0.25, 0.3) is 0 Å². The van der Waals surface area contributed by atoms with Gasteiger partial charge in [0.15, 0.2) is 11.6 Å². The first-order chi connectivity index (χ1) is 9.22.